The lowest BCUT2D eigenvalue weighted by atomic mass is 9.82. The molecule has 0 atom stereocenters. The molecule has 1 nitrogen and oxygen atoms in total. The van der Waals surface area contributed by atoms with Crippen LogP contribution in [-0.4, -0.2) is 0 Å². The minimum atomic E-state index is -0.0505. The normalized spacial score (nSPS) is 12.3. The van der Waals surface area contributed by atoms with Crippen molar-refractivity contribution in [1.82, 2.24) is 0 Å². The molecule has 298 valence electrons. The number of fused-ring (bicyclic) bond motifs is 7. The molecule has 1 aliphatic rings. The van der Waals surface area contributed by atoms with E-state index in [9.17, 15) is 0 Å². The molecule has 10 aromatic carbocycles. The van der Waals surface area contributed by atoms with Gasteiger partial charge in [0.2, 0.25) is 0 Å². The van der Waals surface area contributed by atoms with E-state index in [0.717, 1.165) is 11.4 Å². The molecule has 10 aromatic rings. The molecule has 0 saturated carbocycles. The van der Waals surface area contributed by atoms with Crippen LogP contribution in [0.15, 0.2) is 206 Å². The summed E-state index contributed by atoms with van der Waals surface area (Å²) in [5, 5.41) is 10.3. The highest BCUT2D eigenvalue weighted by Crippen LogP contribution is 2.51. The second-order valence-corrected chi connectivity index (χ2v) is 17.1. The predicted octanol–water partition coefficient (Wildman–Crippen LogP) is 17.0. The van der Waals surface area contributed by atoms with Crippen LogP contribution in [0.4, 0.5) is 17.1 Å². The molecule has 11 rings (SSSR count). The molecule has 61 heavy (non-hydrogen) atoms. The van der Waals surface area contributed by atoms with Gasteiger partial charge in [0.15, 0.2) is 0 Å². The van der Waals surface area contributed by atoms with E-state index in [-0.39, 0.29) is 5.41 Å². The first-order valence-corrected chi connectivity index (χ1v) is 21.7. The Labute approximate surface area is 361 Å². The van der Waals surface area contributed by atoms with Gasteiger partial charge in [-0.3, -0.25) is 0 Å². The van der Waals surface area contributed by atoms with Gasteiger partial charge in [0.1, 0.15) is 0 Å². The summed E-state index contributed by atoms with van der Waals surface area (Å²) in [4.78, 5) is 2.41. The number of aryl methyl sites for hydroxylation is 3. The molecule has 0 amide bonds. The Kier molecular flexibility index (Phi) is 11.0. The Bertz CT molecular complexity index is 3090. The van der Waals surface area contributed by atoms with Gasteiger partial charge in [0.25, 0.3) is 0 Å². The van der Waals surface area contributed by atoms with Gasteiger partial charge in [-0.1, -0.05) is 208 Å². The number of nitrogens with zero attached hydrogens (tertiary/aromatic N) is 1. The molecular formula is C60H53N. The minimum absolute atomic E-state index is 0.0505. The quantitative estimate of drug-likeness (QED) is 0.168. The first-order chi connectivity index (χ1) is 29.7. The van der Waals surface area contributed by atoms with Crippen molar-refractivity contribution in [2.75, 3.05) is 4.90 Å². The first-order valence-electron chi connectivity index (χ1n) is 21.7. The Hall–Kier alpha value is -6.96. The fourth-order valence-corrected chi connectivity index (χ4v) is 9.05. The molecule has 0 fully saturated rings. The van der Waals surface area contributed by atoms with Crippen molar-refractivity contribution in [3.63, 3.8) is 0 Å². The van der Waals surface area contributed by atoms with E-state index in [2.05, 4.69) is 246 Å². The lowest BCUT2D eigenvalue weighted by molar-refractivity contribution is 0.660. The van der Waals surface area contributed by atoms with Crippen LogP contribution < -0.4 is 4.90 Å². The lowest BCUT2D eigenvalue weighted by Gasteiger charge is -2.28. The number of hydrogen-bond acceptors (Lipinski definition) is 1. The van der Waals surface area contributed by atoms with Gasteiger partial charge in [-0.15, -0.1) is 0 Å². The summed E-state index contributed by atoms with van der Waals surface area (Å²) in [6, 6.07) is 74.8. The summed E-state index contributed by atoms with van der Waals surface area (Å²) in [5.74, 6) is 0. The van der Waals surface area contributed by atoms with Crippen molar-refractivity contribution < 1.29 is 0 Å². The third kappa shape index (κ3) is 8.17. The molecular weight excluding hydrogens is 735 g/mol. The minimum Gasteiger partial charge on any atom is -0.310 e. The molecule has 0 unspecified atom stereocenters. The number of anilines is 3. The maximum Gasteiger partial charge on any atom is 0.0468 e. The van der Waals surface area contributed by atoms with Gasteiger partial charge in [-0.2, -0.15) is 0 Å². The molecule has 1 heteroatoms. The van der Waals surface area contributed by atoms with Crippen molar-refractivity contribution in [2.45, 2.75) is 52.9 Å². The van der Waals surface area contributed by atoms with Crippen molar-refractivity contribution in [2.24, 2.45) is 0 Å². The molecule has 0 saturated heterocycles. The van der Waals surface area contributed by atoms with E-state index >= 15 is 0 Å². The Balaban J connectivity index is 0.000000160. The van der Waals surface area contributed by atoms with E-state index in [1.807, 2.05) is 0 Å². The maximum absolute atomic E-state index is 2.41. The van der Waals surface area contributed by atoms with E-state index < -0.39 is 0 Å². The van der Waals surface area contributed by atoms with Crippen LogP contribution in [0.1, 0.15) is 55.0 Å². The molecule has 0 bridgehead atoms. The molecule has 1 aliphatic carbocycles. The Morgan fingerprint density at radius 2 is 0.738 bits per heavy atom. The second-order valence-electron chi connectivity index (χ2n) is 17.1. The number of rotatable bonds is 5. The van der Waals surface area contributed by atoms with Crippen molar-refractivity contribution in [3.05, 3.63) is 234 Å². The molecule has 0 aromatic heterocycles. The summed E-state index contributed by atoms with van der Waals surface area (Å²) >= 11 is 0. The van der Waals surface area contributed by atoms with Gasteiger partial charge in [-0.25, -0.2) is 0 Å². The molecule has 0 radical (unpaired) electrons. The smallest absolute Gasteiger partial charge is 0.0468 e. The first kappa shape index (κ1) is 39.5. The number of benzene rings is 10. The summed E-state index contributed by atoms with van der Waals surface area (Å²) in [5.41, 5.74) is 13.1. The standard InChI is InChI=1S/C36H29N.C13H14.C11H10/c1-24-12-18-32-33-19-17-31(23-35(33)36(2,3)34(32)20-24)37(29-15-13-25-8-4-6-10-27(25)21-29)30-16-14-26-9-5-7-11-28(26)22-30;1-2-5-11-8-9-12-6-3-4-7-13(12)10-11;1-9-6-7-10-4-2-3-5-11(10)8-9/h4-23H,1-3H3;3-4,6-10H,2,5H2,1H3;2-8H,1H3. The van der Waals surface area contributed by atoms with Gasteiger partial charge < -0.3 is 4.90 Å². The average molecular weight is 788 g/mol. The summed E-state index contributed by atoms with van der Waals surface area (Å²) in [6.07, 6.45) is 2.41. The monoisotopic (exact) mass is 787 g/mol. The largest absolute Gasteiger partial charge is 0.310 e. The topological polar surface area (TPSA) is 3.24 Å². The lowest BCUT2D eigenvalue weighted by Crippen LogP contribution is -2.16. The van der Waals surface area contributed by atoms with Crippen LogP contribution >= 0.6 is 0 Å². The predicted molar refractivity (Wildman–Crippen MR) is 265 cm³/mol. The van der Waals surface area contributed by atoms with Crippen molar-refractivity contribution in [1.29, 1.82) is 0 Å². The van der Waals surface area contributed by atoms with E-state index in [1.54, 1.807) is 0 Å². The van der Waals surface area contributed by atoms with Crippen molar-refractivity contribution in [3.8, 4) is 11.1 Å². The van der Waals surface area contributed by atoms with E-state index in [4.69, 9.17) is 0 Å². The Morgan fingerprint density at radius 1 is 0.361 bits per heavy atom. The van der Waals surface area contributed by atoms with Crippen LogP contribution in [0.3, 0.4) is 0 Å². The summed E-state index contributed by atoms with van der Waals surface area (Å²) in [6.45, 7) is 11.2. The highest BCUT2D eigenvalue weighted by Gasteiger charge is 2.36. The number of hydrogen-bond donors (Lipinski definition) is 0. The molecule has 0 spiro atoms. The van der Waals surface area contributed by atoms with E-state index in [0.29, 0.717) is 0 Å². The average Bonchev–Trinajstić information content (AvgIpc) is 3.51. The Morgan fingerprint density at radius 3 is 1.28 bits per heavy atom. The zero-order valence-corrected chi connectivity index (χ0v) is 36.0. The maximum atomic E-state index is 2.41. The fourth-order valence-electron chi connectivity index (χ4n) is 9.05. The van der Waals surface area contributed by atoms with Crippen molar-refractivity contribution >= 4 is 60.2 Å². The molecule has 0 heterocycles. The van der Waals surface area contributed by atoms with Gasteiger partial charge in [0.05, 0.1) is 0 Å². The zero-order chi connectivity index (χ0) is 41.9. The van der Waals surface area contributed by atoms with Gasteiger partial charge in [-0.05, 0) is 128 Å². The van der Waals surface area contributed by atoms with Crippen LogP contribution in [0, 0.1) is 13.8 Å². The fraction of sp³-hybridized carbons (Fsp3) is 0.133. The third-order valence-corrected chi connectivity index (χ3v) is 12.3. The molecule has 0 N–H and O–H groups in total. The van der Waals surface area contributed by atoms with Gasteiger partial charge in [0, 0.05) is 22.5 Å². The van der Waals surface area contributed by atoms with Crippen LogP contribution in [0.25, 0.3) is 54.2 Å². The van der Waals surface area contributed by atoms with E-state index in [1.165, 1.54) is 101 Å². The van der Waals surface area contributed by atoms with Crippen LogP contribution in [0.2, 0.25) is 0 Å². The zero-order valence-electron chi connectivity index (χ0n) is 36.0. The highest BCUT2D eigenvalue weighted by molar-refractivity contribution is 5.94. The van der Waals surface area contributed by atoms with Crippen LogP contribution in [-0.2, 0) is 11.8 Å². The third-order valence-electron chi connectivity index (χ3n) is 12.3. The summed E-state index contributed by atoms with van der Waals surface area (Å²) in [7, 11) is 0. The molecule has 0 aliphatic heterocycles. The summed E-state index contributed by atoms with van der Waals surface area (Å²) < 4.78 is 0. The van der Waals surface area contributed by atoms with Crippen LogP contribution in [0.5, 0.6) is 0 Å². The highest BCUT2D eigenvalue weighted by atomic mass is 15.1. The second kappa shape index (κ2) is 17.0. The SMILES string of the molecule is CCCc1ccc2ccccc2c1.Cc1ccc2c(c1)C(C)(C)c1cc(N(c3ccc4ccccc4c3)c3ccc4ccccc4c3)ccc1-2.Cc1ccc2ccccc2c1. The van der Waals surface area contributed by atoms with Gasteiger partial charge >= 0.3 is 0 Å².